The van der Waals surface area contributed by atoms with Gasteiger partial charge in [0, 0.05) is 26.5 Å². The van der Waals surface area contributed by atoms with Crippen LogP contribution in [-0.4, -0.2) is 43.5 Å². The molecule has 0 unspecified atom stereocenters. The van der Waals surface area contributed by atoms with E-state index in [0.29, 0.717) is 0 Å². The van der Waals surface area contributed by atoms with Gasteiger partial charge in [-0.25, -0.2) is 0 Å². The van der Waals surface area contributed by atoms with Crippen LogP contribution < -0.4 is 0 Å². The summed E-state index contributed by atoms with van der Waals surface area (Å²) in [6, 6.07) is 0. The SMILES string of the molecule is CN1C=CN(C)C1.O=S(=O)(O)F. The van der Waals surface area contributed by atoms with E-state index in [0.717, 1.165) is 6.67 Å². The lowest BCUT2D eigenvalue weighted by molar-refractivity contribution is 0.340. The Morgan fingerprint density at radius 3 is 1.67 bits per heavy atom. The van der Waals surface area contributed by atoms with Crippen molar-refractivity contribution in [2.24, 2.45) is 0 Å². The van der Waals surface area contributed by atoms with Crippen LogP contribution in [0.4, 0.5) is 3.89 Å². The fraction of sp³-hybridized carbons (Fsp3) is 0.600. The van der Waals surface area contributed by atoms with Crippen molar-refractivity contribution < 1.29 is 16.9 Å². The Morgan fingerprint density at radius 1 is 1.33 bits per heavy atom. The van der Waals surface area contributed by atoms with Crippen LogP contribution in [0, 0.1) is 0 Å². The molecule has 1 aliphatic heterocycles. The summed E-state index contributed by atoms with van der Waals surface area (Å²) < 4.78 is 34.1. The molecule has 72 valence electrons. The van der Waals surface area contributed by atoms with Crippen LogP contribution in [0.25, 0.3) is 0 Å². The van der Waals surface area contributed by atoms with E-state index in [2.05, 4.69) is 36.3 Å². The Labute approximate surface area is 71.1 Å². The maximum atomic E-state index is 10.2. The lowest BCUT2D eigenvalue weighted by Gasteiger charge is -2.10. The van der Waals surface area contributed by atoms with Crippen molar-refractivity contribution in [1.82, 2.24) is 9.80 Å². The highest BCUT2D eigenvalue weighted by atomic mass is 32.3. The molecule has 0 aliphatic carbocycles. The molecule has 12 heavy (non-hydrogen) atoms. The van der Waals surface area contributed by atoms with Crippen molar-refractivity contribution in [2.75, 3.05) is 20.8 Å². The molecule has 1 aliphatic rings. The fourth-order valence-electron chi connectivity index (χ4n) is 0.674. The molecule has 0 spiro atoms. The third kappa shape index (κ3) is 9.18. The van der Waals surface area contributed by atoms with E-state index >= 15 is 0 Å². The van der Waals surface area contributed by atoms with E-state index < -0.39 is 10.5 Å². The molecular weight excluding hydrogens is 187 g/mol. The van der Waals surface area contributed by atoms with Crippen LogP contribution in [-0.2, 0) is 10.5 Å². The third-order valence-electron chi connectivity index (χ3n) is 1.02. The molecule has 0 fully saturated rings. The van der Waals surface area contributed by atoms with Crippen LogP contribution in [0.5, 0.6) is 0 Å². The van der Waals surface area contributed by atoms with Gasteiger partial charge in [-0.05, 0) is 0 Å². The van der Waals surface area contributed by atoms with Crippen molar-refractivity contribution >= 4 is 10.5 Å². The minimum absolute atomic E-state index is 1.03. The molecule has 1 N–H and O–H groups in total. The second kappa shape index (κ2) is 4.27. The van der Waals surface area contributed by atoms with Gasteiger partial charge in [0.15, 0.2) is 0 Å². The molecule has 0 saturated carbocycles. The van der Waals surface area contributed by atoms with Gasteiger partial charge in [-0.1, -0.05) is 3.89 Å². The smallest absolute Gasteiger partial charge is 0.362 e. The zero-order chi connectivity index (χ0) is 9.78. The van der Waals surface area contributed by atoms with Gasteiger partial charge in [0.2, 0.25) is 0 Å². The van der Waals surface area contributed by atoms with Crippen LogP contribution in [0.3, 0.4) is 0 Å². The van der Waals surface area contributed by atoms with Gasteiger partial charge in [-0.15, -0.1) is 0 Å². The Bertz CT molecular complexity index is 233. The van der Waals surface area contributed by atoms with Gasteiger partial charge in [0.25, 0.3) is 0 Å². The Kier molecular flexibility index (Phi) is 3.98. The van der Waals surface area contributed by atoms with E-state index in [1.165, 1.54) is 0 Å². The highest BCUT2D eigenvalue weighted by Gasteiger charge is 1.99. The highest BCUT2D eigenvalue weighted by Crippen LogP contribution is 1.97. The summed E-state index contributed by atoms with van der Waals surface area (Å²) in [4.78, 5) is 4.25. The Hall–Kier alpha value is -0.820. The van der Waals surface area contributed by atoms with Gasteiger partial charge >= 0.3 is 10.5 Å². The van der Waals surface area contributed by atoms with Gasteiger partial charge in [-0.2, -0.15) is 8.42 Å². The average Bonchev–Trinajstić information content (AvgIpc) is 2.09. The standard InChI is InChI=1S/C5H10N2.FHO3S/c1-6-3-4-7(2)5-6;1-5(2,3)4/h3-4H,5H2,1-2H3;(H,2,3,4). The zero-order valence-electron chi connectivity index (χ0n) is 6.81. The molecule has 0 amide bonds. The van der Waals surface area contributed by atoms with E-state index in [1.807, 2.05) is 0 Å². The normalized spacial score (nSPS) is 16.0. The van der Waals surface area contributed by atoms with Crippen molar-refractivity contribution in [1.29, 1.82) is 0 Å². The summed E-state index contributed by atoms with van der Waals surface area (Å²) in [6.07, 6.45) is 4.11. The first-order valence-electron chi connectivity index (χ1n) is 3.05. The van der Waals surface area contributed by atoms with Crippen molar-refractivity contribution in [3.63, 3.8) is 0 Å². The molecule has 0 bridgehead atoms. The molecule has 0 saturated heterocycles. The number of rotatable bonds is 0. The first-order valence-corrected chi connectivity index (χ1v) is 4.39. The van der Waals surface area contributed by atoms with E-state index in [1.54, 1.807) is 0 Å². The average molecular weight is 198 g/mol. The second-order valence-corrected chi connectivity index (χ2v) is 3.19. The number of nitrogens with zero attached hydrogens (tertiary/aromatic N) is 2. The zero-order valence-corrected chi connectivity index (χ0v) is 7.62. The van der Waals surface area contributed by atoms with Crippen molar-refractivity contribution in [3.05, 3.63) is 12.4 Å². The maximum Gasteiger partial charge on any atom is 0.435 e. The minimum Gasteiger partial charge on any atom is -0.362 e. The monoisotopic (exact) mass is 198 g/mol. The maximum absolute atomic E-state index is 10.2. The molecule has 0 aromatic carbocycles. The molecule has 0 aromatic heterocycles. The summed E-state index contributed by atoms with van der Waals surface area (Å²) >= 11 is 0. The largest absolute Gasteiger partial charge is 0.435 e. The van der Waals surface area contributed by atoms with Crippen molar-refractivity contribution in [3.8, 4) is 0 Å². The first kappa shape index (κ1) is 11.2. The molecule has 0 radical (unpaired) electrons. The molecule has 1 rings (SSSR count). The topological polar surface area (TPSA) is 60.9 Å². The Balaban J connectivity index is 0.000000217. The minimum atomic E-state index is -5.17. The molecule has 1 heterocycles. The van der Waals surface area contributed by atoms with Gasteiger partial charge in [0.05, 0.1) is 6.67 Å². The summed E-state index contributed by atoms with van der Waals surface area (Å²) in [5.74, 6) is 0. The van der Waals surface area contributed by atoms with E-state index in [9.17, 15) is 3.89 Å². The second-order valence-electron chi connectivity index (χ2n) is 2.37. The summed E-state index contributed by atoms with van der Waals surface area (Å²) in [5, 5.41) is 0. The van der Waals surface area contributed by atoms with Crippen LogP contribution in [0.2, 0.25) is 0 Å². The van der Waals surface area contributed by atoms with Crippen LogP contribution in [0.1, 0.15) is 0 Å². The Morgan fingerprint density at radius 2 is 1.58 bits per heavy atom. The first-order chi connectivity index (χ1) is 5.29. The molecule has 5 nitrogen and oxygen atoms in total. The van der Waals surface area contributed by atoms with Gasteiger partial charge < -0.3 is 9.80 Å². The molecule has 7 heteroatoms. The van der Waals surface area contributed by atoms with Crippen LogP contribution in [0.15, 0.2) is 12.4 Å². The quantitative estimate of drug-likeness (QED) is 0.440. The van der Waals surface area contributed by atoms with Gasteiger partial charge in [-0.3, -0.25) is 4.55 Å². The predicted octanol–water partition coefficient (Wildman–Crippen LogP) is 0.0510. The van der Waals surface area contributed by atoms with E-state index in [4.69, 9.17) is 13.0 Å². The summed E-state index contributed by atoms with van der Waals surface area (Å²) in [6.45, 7) is 1.03. The van der Waals surface area contributed by atoms with Crippen LogP contribution >= 0.6 is 0 Å². The third-order valence-corrected chi connectivity index (χ3v) is 1.02. The number of halogens is 1. The highest BCUT2D eigenvalue weighted by molar-refractivity contribution is 7.80. The number of hydrogen-bond acceptors (Lipinski definition) is 4. The van der Waals surface area contributed by atoms with Crippen molar-refractivity contribution in [2.45, 2.75) is 0 Å². The lowest BCUT2D eigenvalue weighted by atomic mass is 10.9. The fourth-order valence-corrected chi connectivity index (χ4v) is 0.674. The van der Waals surface area contributed by atoms with Gasteiger partial charge in [0.1, 0.15) is 0 Å². The molecular formula is C5H11FN2O3S. The van der Waals surface area contributed by atoms with E-state index in [-0.39, 0.29) is 0 Å². The molecule has 0 aromatic rings. The lowest BCUT2D eigenvalue weighted by Crippen LogP contribution is -2.17. The predicted molar refractivity (Wildman–Crippen MR) is 42.2 cm³/mol. The summed E-state index contributed by atoms with van der Waals surface area (Å²) in [5.41, 5.74) is 0. The summed E-state index contributed by atoms with van der Waals surface area (Å²) in [7, 11) is -1.06. The number of hydrogen-bond donors (Lipinski definition) is 1. The molecule has 0 atom stereocenters.